The molecule has 0 unspecified atom stereocenters. The van der Waals surface area contributed by atoms with E-state index in [0.29, 0.717) is 6.54 Å². The maximum Gasteiger partial charge on any atom is 0.115 e. The molecular formula is C9H11N3O. The van der Waals surface area contributed by atoms with E-state index in [2.05, 4.69) is 0 Å². The van der Waals surface area contributed by atoms with Gasteiger partial charge in [0.1, 0.15) is 5.75 Å². The Morgan fingerprint density at radius 2 is 1.69 bits per heavy atom. The van der Waals surface area contributed by atoms with Gasteiger partial charge in [0.2, 0.25) is 0 Å². The van der Waals surface area contributed by atoms with E-state index >= 15 is 0 Å². The van der Waals surface area contributed by atoms with E-state index in [0.717, 1.165) is 18.2 Å². The molecule has 13 heavy (non-hydrogen) atoms. The highest BCUT2D eigenvalue weighted by atomic mass is 16.3. The Morgan fingerprint density at radius 3 is 2.15 bits per heavy atom. The minimum atomic E-state index is 0.222. The van der Waals surface area contributed by atoms with Gasteiger partial charge in [-0.15, -0.1) is 0 Å². The van der Waals surface area contributed by atoms with Crippen molar-refractivity contribution in [1.29, 1.82) is 10.8 Å². The van der Waals surface area contributed by atoms with Gasteiger partial charge in [-0.2, -0.15) is 0 Å². The topological polar surface area (TPSA) is 71.2 Å². The maximum absolute atomic E-state index is 9.00. The number of phenols is 1. The summed E-state index contributed by atoms with van der Waals surface area (Å²) < 4.78 is 0. The van der Waals surface area contributed by atoms with E-state index in [4.69, 9.17) is 15.9 Å². The lowest BCUT2D eigenvalue weighted by molar-refractivity contribution is 0.474. The monoisotopic (exact) mass is 177 g/mol. The lowest BCUT2D eigenvalue weighted by Gasteiger charge is -2.11. The minimum absolute atomic E-state index is 0.222. The number of aromatic hydroxyl groups is 1. The number of rotatable bonds is 4. The molecule has 0 radical (unpaired) electrons. The summed E-state index contributed by atoms with van der Waals surface area (Å²) in [7, 11) is 0. The molecule has 0 heterocycles. The van der Waals surface area contributed by atoms with E-state index < -0.39 is 0 Å². The molecule has 0 aromatic heterocycles. The molecule has 0 saturated heterocycles. The summed E-state index contributed by atoms with van der Waals surface area (Å²) in [5.41, 5.74) is 0.949. The molecule has 1 aromatic rings. The Bertz CT molecular complexity index is 286. The van der Waals surface area contributed by atoms with Gasteiger partial charge in [0.25, 0.3) is 0 Å². The van der Waals surface area contributed by atoms with Crippen molar-refractivity contribution in [1.82, 2.24) is 4.90 Å². The first-order valence-corrected chi connectivity index (χ1v) is 3.81. The molecule has 1 rings (SSSR count). The summed E-state index contributed by atoms with van der Waals surface area (Å²) in [5, 5.41) is 22.9. The fraction of sp³-hybridized carbons (Fsp3) is 0.111. The molecule has 0 atom stereocenters. The average Bonchev–Trinajstić information content (AvgIpc) is 2.17. The molecule has 4 heteroatoms. The largest absolute Gasteiger partial charge is 0.508 e. The molecular weight excluding hydrogens is 166 g/mol. The summed E-state index contributed by atoms with van der Waals surface area (Å²) in [4.78, 5) is 1.42. The Hall–Kier alpha value is -1.84. The molecule has 1 aromatic carbocycles. The summed E-state index contributed by atoms with van der Waals surface area (Å²) in [6.45, 7) is 0.479. The van der Waals surface area contributed by atoms with Crippen LogP contribution in [0.4, 0.5) is 0 Å². The number of nitrogens with zero attached hydrogens (tertiary/aromatic N) is 1. The lowest BCUT2D eigenvalue weighted by Crippen LogP contribution is -2.17. The Labute approximate surface area is 76.5 Å². The molecule has 0 spiro atoms. The molecule has 0 amide bonds. The Kier molecular flexibility index (Phi) is 3.03. The number of hydrogen-bond acceptors (Lipinski definition) is 3. The second-order valence-corrected chi connectivity index (χ2v) is 2.60. The quantitative estimate of drug-likeness (QED) is 0.480. The summed E-state index contributed by atoms with van der Waals surface area (Å²) in [5.74, 6) is 0.222. The first kappa shape index (κ1) is 9.25. The van der Waals surface area contributed by atoms with E-state index in [-0.39, 0.29) is 5.75 Å². The van der Waals surface area contributed by atoms with Crippen molar-refractivity contribution in [3.05, 3.63) is 29.8 Å². The summed E-state index contributed by atoms with van der Waals surface area (Å²) in [6, 6.07) is 6.69. The average molecular weight is 177 g/mol. The van der Waals surface area contributed by atoms with E-state index in [1.165, 1.54) is 4.90 Å². The Balaban J connectivity index is 2.68. The van der Waals surface area contributed by atoms with Crippen LogP contribution in [-0.2, 0) is 6.54 Å². The maximum atomic E-state index is 9.00. The van der Waals surface area contributed by atoms with Crippen molar-refractivity contribution >= 4 is 12.7 Å². The fourth-order valence-corrected chi connectivity index (χ4v) is 0.941. The van der Waals surface area contributed by atoms with Crippen LogP contribution in [-0.4, -0.2) is 22.7 Å². The van der Waals surface area contributed by atoms with Crippen LogP contribution in [0.1, 0.15) is 5.56 Å². The van der Waals surface area contributed by atoms with E-state index in [1.54, 1.807) is 24.3 Å². The molecule has 4 nitrogen and oxygen atoms in total. The van der Waals surface area contributed by atoms with Crippen molar-refractivity contribution in [2.24, 2.45) is 0 Å². The zero-order chi connectivity index (χ0) is 9.68. The van der Waals surface area contributed by atoms with Crippen LogP contribution in [0, 0.1) is 10.8 Å². The van der Waals surface area contributed by atoms with Crippen molar-refractivity contribution in [2.75, 3.05) is 0 Å². The van der Waals surface area contributed by atoms with Crippen LogP contribution in [0.15, 0.2) is 24.3 Å². The summed E-state index contributed by atoms with van der Waals surface area (Å²) in [6.07, 6.45) is 2.17. The van der Waals surface area contributed by atoms with Crippen LogP contribution >= 0.6 is 0 Å². The van der Waals surface area contributed by atoms with E-state index in [1.807, 2.05) is 0 Å². The highest BCUT2D eigenvalue weighted by molar-refractivity contribution is 5.71. The molecule has 0 aliphatic heterocycles. The van der Waals surface area contributed by atoms with Crippen molar-refractivity contribution in [3.8, 4) is 5.75 Å². The number of benzene rings is 1. The van der Waals surface area contributed by atoms with Crippen LogP contribution in [0.5, 0.6) is 5.75 Å². The summed E-state index contributed by atoms with van der Waals surface area (Å²) >= 11 is 0. The zero-order valence-electron chi connectivity index (χ0n) is 7.07. The van der Waals surface area contributed by atoms with Gasteiger partial charge in [0.15, 0.2) is 0 Å². The van der Waals surface area contributed by atoms with Crippen molar-refractivity contribution in [3.63, 3.8) is 0 Å². The van der Waals surface area contributed by atoms with Crippen LogP contribution in [0.2, 0.25) is 0 Å². The number of phenolic OH excluding ortho intramolecular Hbond substituents is 1. The van der Waals surface area contributed by atoms with Crippen molar-refractivity contribution < 1.29 is 5.11 Å². The van der Waals surface area contributed by atoms with Gasteiger partial charge in [0, 0.05) is 6.54 Å². The molecule has 3 N–H and O–H groups in total. The minimum Gasteiger partial charge on any atom is -0.508 e. The molecule has 0 bridgehead atoms. The van der Waals surface area contributed by atoms with Gasteiger partial charge >= 0.3 is 0 Å². The molecule has 0 fully saturated rings. The smallest absolute Gasteiger partial charge is 0.115 e. The highest BCUT2D eigenvalue weighted by Gasteiger charge is 1.97. The number of nitrogens with one attached hydrogen (secondary N) is 2. The normalized spacial score (nSPS) is 9.23. The molecule has 0 saturated carbocycles. The van der Waals surface area contributed by atoms with Crippen molar-refractivity contribution in [2.45, 2.75) is 6.54 Å². The zero-order valence-corrected chi connectivity index (χ0v) is 7.07. The second kappa shape index (κ2) is 4.25. The Morgan fingerprint density at radius 1 is 1.15 bits per heavy atom. The van der Waals surface area contributed by atoms with Gasteiger partial charge in [-0.3, -0.25) is 10.8 Å². The number of hydrogen-bond donors (Lipinski definition) is 3. The van der Waals surface area contributed by atoms with Crippen LogP contribution in [0.3, 0.4) is 0 Å². The third kappa shape index (κ3) is 2.59. The van der Waals surface area contributed by atoms with Gasteiger partial charge in [-0.1, -0.05) is 12.1 Å². The molecule has 0 aliphatic carbocycles. The first-order valence-electron chi connectivity index (χ1n) is 3.81. The van der Waals surface area contributed by atoms with Crippen LogP contribution in [0.25, 0.3) is 0 Å². The van der Waals surface area contributed by atoms with Gasteiger partial charge in [-0.05, 0) is 17.7 Å². The highest BCUT2D eigenvalue weighted by Crippen LogP contribution is 2.10. The second-order valence-electron chi connectivity index (χ2n) is 2.60. The fourth-order valence-electron chi connectivity index (χ4n) is 0.941. The SMILES string of the molecule is N=CN(C=N)Cc1ccc(O)cc1. The predicted molar refractivity (Wildman–Crippen MR) is 51.2 cm³/mol. The van der Waals surface area contributed by atoms with E-state index in [9.17, 15) is 0 Å². The van der Waals surface area contributed by atoms with Gasteiger partial charge in [-0.25, -0.2) is 0 Å². The molecule has 0 aliphatic rings. The lowest BCUT2D eigenvalue weighted by atomic mass is 10.2. The standard InChI is InChI=1S/C9H11N3O/c10-6-12(7-11)5-8-1-3-9(13)4-2-8/h1-4,6-7,10-11,13H,5H2. The van der Waals surface area contributed by atoms with Gasteiger partial charge in [0.05, 0.1) is 12.7 Å². The van der Waals surface area contributed by atoms with Crippen LogP contribution < -0.4 is 0 Å². The molecule has 68 valence electrons. The first-order chi connectivity index (χ1) is 6.26. The third-order valence-electron chi connectivity index (χ3n) is 1.63. The van der Waals surface area contributed by atoms with Gasteiger partial charge < -0.3 is 10.0 Å². The predicted octanol–water partition coefficient (Wildman–Crippen LogP) is 1.41. The third-order valence-corrected chi connectivity index (χ3v) is 1.63.